The van der Waals surface area contributed by atoms with Crippen molar-refractivity contribution in [2.45, 2.75) is 77.7 Å². The number of carboxylic acids is 2. The number of fused-ring (bicyclic) bond motifs is 3. The molecule has 5 rings (SSSR count). The number of rotatable bonds is 14. The molecule has 0 aromatic heterocycles. The number of hydrogen-bond acceptors (Lipinski definition) is 15. The maximum Gasteiger partial charge on any atom is 0.341 e. The first-order chi connectivity index (χ1) is 26.1. The van der Waals surface area contributed by atoms with Gasteiger partial charge in [-0.3, -0.25) is 43.3 Å². The molecule has 2 bridgehead atoms. The Morgan fingerprint density at radius 3 is 2.11 bits per heavy atom. The predicted molar refractivity (Wildman–Crippen MR) is 193 cm³/mol. The van der Waals surface area contributed by atoms with E-state index in [4.69, 9.17) is 19.3 Å². The molecule has 2 fully saturated rings. The molecule has 0 radical (unpaired) electrons. The van der Waals surface area contributed by atoms with Crippen molar-refractivity contribution in [2.75, 3.05) is 13.2 Å². The number of oxime groups is 1. The fourth-order valence-electron chi connectivity index (χ4n) is 7.79. The summed E-state index contributed by atoms with van der Waals surface area (Å²) in [4.78, 5) is 119. The summed E-state index contributed by atoms with van der Waals surface area (Å²) in [5.74, 6) is -12.7. The second kappa shape index (κ2) is 14.6. The zero-order valence-electron chi connectivity index (χ0n) is 31.3. The summed E-state index contributed by atoms with van der Waals surface area (Å²) in [6.45, 7) is 8.62. The first kappa shape index (κ1) is 41.3. The van der Waals surface area contributed by atoms with E-state index < -0.39 is 92.8 Å². The molecule has 0 aliphatic carbocycles. The SMILES string of the molecule is CC(=O)C(C(=O)O)C(=O)C1(C(C)=O)C(=O)C(C(C)=O)N2C(=O)SC1(Cc1ccc(OCC3(C)C/C(=N\O)c4c(C)c(OCC(=O)O)c(C)c(C)c4O3)cc1)C2=O. The first-order valence-corrected chi connectivity index (χ1v) is 17.9. The number of thioether (sulfide) groups is 1. The van der Waals surface area contributed by atoms with Gasteiger partial charge in [-0.2, -0.15) is 0 Å². The fourth-order valence-corrected chi connectivity index (χ4v) is 9.29. The second-order valence-corrected chi connectivity index (χ2v) is 15.5. The average molecular weight is 795 g/mol. The predicted octanol–water partition coefficient (Wildman–Crippen LogP) is 2.83. The number of carboxylic acid groups (broad SMARTS) is 2. The van der Waals surface area contributed by atoms with Gasteiger partial charge in [-0.05, 0) is 95.5 Å². The molecule has 17 nitrogen and oxygen atoms in total. The lowest BCUT2D eigenvalue weighted by molar-refractivity contribution is -0.168. The van der Waals surface area contributed by atoms with Crippen LogP contribution in [-0.4, -0.2) is 108 Å². The molecule has 3 N–H and O–H groups in total. The molecule has 0 saturated carbocycles. The number of benzene rings is 2. The quantitative estimate of drug-likeness (QED) is 0.141. The molecule has 2 amide bonds. The summed E-state index contributed by atoms with van der Waals surface area (Å²) in [6.07, 6.45) is -0.592. The van der Waals surface area contributed by atoms with Crippen molar-refractivity contribution in [1.82, 2.24) is 4.90 Å². The van der Waals surface area contributed by atoms with Crippen LogP contribution in [0.25, 0.3) is 0 Å². The number of amides is 2. The minimum Gasteiger partial charge on any atom is -0.489 e. The van der Waals surface area contributed by atoms with E-state index in [1.807, 2.05) is 0 Å². The summed E-state index contributed by atoms with van der Waals surface area (Å²) < 4.78 is 15.4. The molecule has 3 aliphatic heterocycles. The van der Waals surface area contributed by atoms with Crippen LogP contribution in [0.4, 0.5) is 4.79 Å². The van der Waals surface area contributed by atoms with Crippen LogP contribution in [0.15, 0.2) is 29.4 Å². The molecule has 2 aromatic carbocycles. The highest BCUT2D eigenvalue weighted by Crippen LogP contribution is 2.58. The van der Waals surface area contributed by atoms with Gasteiger partial charge in [0.25, 0.3) is 5.24 Å². The topological polar surface area (TPSA) is 258 Å². The van der Waals surface area contributed by atoms with E-state index in [1.54, 1.807) is 27.7 Å². The number of carbonyl (C=O) groups excluding carboxylic acids is 7. The molecule has 296 valence electrons. The Morgan fingerprint density at radius 2 is 1.59 bits per heavy atom. The van der Waals surface area contributed by atoms with Crippen LogP contribution in [0.2, 0.25) is 0 Å². The standard InChI is InChI=1S/C38H38N2O15S/c1-16-17(2)30-26(18(3)29(16)53-14-25(44)45)24(39-52)13-36(7,55-30)15-54-23-10-8-22(9-11-23)12-37-34(50)40(35(51)56-37)28(20(5)42)32(47)38(37,21(6)43)31(46)27(19(4)41)33(48)49/h8-11,27-28,52H,12-15H2,1-7H3,(H,44,45)(H,48,49)/b39-24+. The number of piperidine rings is 1. The molecular formula is C38H38N2O15S. The molecular weight excluding hydrogens is 756 g/mol. The van der Waals surface area contributed by atoms with Crippen molar-refractivity contribution in [1.29, 1.82) is 0 Å². The zero-order valence-corrected chi connectivity index (χ0v) is 32.2. The summed E-state index contributed by atoms with van der Waals surface area (Å²) >= 11 is 0.158. The minimum atomic E-state index is -3.20. The minimum absolute atomic E-state index is 0.0523. The first-order valence-electron chi connectivity index (χ1n) is 17.1. The van der Waals surface area contributed by atoms with E-state index in [1.165, 1.54) is 24.3 Å². The molecule has 18 heteroatoms. The third kappa shape index (κ3) is 6.30. The summed E-state index contributed by atoms with van der Waals surface area (Å²) in [7, 11) is 0. The van der Waals surface area contributed by atoms with Crippen LogP contribution in [0.1, 0.15) is 61.9 Å². The van der Waals surface area contributed by atoms with E-state index in [-0.39, 0.29) is 41.8 Å². The number of aliphatic carboxylic acids is 2. The van der Waals surface area contributed by atoms with Crippen molar-refractivity contribution in [3.63, 3.8) is 0 Å². The summed E-state index contributed by atoms with van der Waals surface area (Å²) in [5, 5.41) is 31.4. The Balaban J connectivity index is 1.47. The van der Waals surface area contributed by atoms with Gasteiger partial charge in [0.1, 0.15) is 34.2 Å². The smallest absolute Gasteiger partial charge is 0.341 e. The number of hydrogen-bond donors (Lipinski definition) is 3. The number of ether oxygens (including phenoxy) is 3. The van der Waals surface area contributed by atoms with Gasteiger partial charge in [-0.1, -0.05) is 17.3 Å². The lowest BCUT2D eigenvalue weighted by Crippen LogP contribution is -2.74. The van der Waals surface area contributed by atoms with Gasteiger partial charge in [0.15, 0.2) is 52.9 Å². The van der Waals surface area contributed by atoms with Crippen molar-refractivity contribution < 1.29 is 72.8 Å². The Kier molecular flexibility index (Phi) is 10.8. The molecule has 56 heavy (non-hydrogen) atoms. The van der Waals surface area contributed by atoms with E-state index in [9.17, 15) is 53.5 Å². The van der Waals surface area contributed by atoms with Gasteiger partial charge in [-0.25, -0.2) is 4.79 Å². The molecule has 3 heterocycles. The van der Waals surface area contributed by atoms with E-state index in [0.29, 0.717) is 38.7 Å². The highest BCUT2D eigenvalue weighted by Gasteiger charge is 2.80. The van der Waals surface area contributed by atoms with Crippen LogP contribution >= 0.6 is 11.8 Å². The third-order valence-electron chi connectivity index (χ3n) is 10.4. The van der Waals surface area contributed by atoms with Crippen LogP contribution < -0.4 is 14.2 Å². The lowest BCUT2D eigenvalue weighted by Gasteiger charge is -2.47. The van der Waals surface area contributed by atoms with E-state index in [0.717, 1.165) is 20.8 Å². The van der Waals surface area contributed by atoms with Gasteiger partial charge in [0, 0.05) is 17.5 Å². The highest BCUT2D eigenvalue weighted by atomic mass is 32.2. The number of imide groups is 1. The Bertz CT molecular complexity index is 2160. The number of Topliss-reactive ketones (excluding diaryl/α,β-unsaturated/α-hetero) is 5. The number of carbonyl (C=O) groups is 9. The van der Waals surface area contributed by atoms with Crippen LogP contribution in [0.5, 0.6) is 17.2 Å². The maximum atomic E-state index is 14.2. The largest absolute Gasteiger partial charge is 0.489 e. The Labute approximate surface area is 323 Å². The molecule has 0 spiro atoms. The summed E-state index contributed by atoms with van der Waals surface area (Å²) in [6, 6.07) is 3.57. The lowest BCUT2D eigenvalue weighted by atomic mass is 9.57. The van der Waals surface area contributed by atoms with Crippen LogP contribution in [0.3, 0.4) is 0 Å². The van der Waals surface area contributed by atoms with Gasteiger partial charge in [-0.15, -0.1) is 0 Å². The average Bonchev–Trinajstić information content (AvgIpc) is 3.29. The van der Waals surface area contributed by atoms with Gasteiger partial charge in [0.2, 0.25) is 5.91 Å². The number of ketones is 5. The zero-order chi connectivity index (χ0) is 41.8. The van der Waals surface area contributed by atoms with Gasteiger partial charge < -0.3 is 29.6 Å². The molecule has 3 aliphatic rings. The van der Waals surface area contributed by atoms with E-state index >= 15 is 0 Å². The number of nitrogens with zero attached hydrogens (tertiary/aromatic N) is 2. The van der Waals surface area contributed by atoms with Crippen molar-refractivity contribution >= 4 is 69.5 Å². The highest BCUT2D eigenvalue weighted by molar-refractivity contribution is 8.16. The second-order valence-electron chi connectivity index (χ2n) is 14.3. The van der Waals surface area contributed by atoms with Crippen molar-refractivity contribution in [3.8, 4) is 17.2 Å². The monoisotopic (exact) mass is 794 g/mol. The third-order valence-corrected chi connectivity index (χ3v) is 11.8. The molecule has 5 atom stereocenters. The Morgan fingerprint density at radius 1 is 0.964 bits per heavy atom. The molecule has 2 saturated heterocycles. The van der Waals surface area contributed by atoms with Crippen molar-refractivity contribution in [2.24, 2.45) is 16.5 Å². The van der Waals surface area contributed by atoms with E-state index in [2.05, 4.69) is 5.16 Å². The van der Waals surface area contributed by atoms with Gasteiger partial charge >= 0.3 is 11.9 Å². The van der Waals surface area contributed by atoms with Crippen molar-refractivity contribution in [3.05, 3.63) is 52.1 Å². The molecule has 2 aromatic rings. The van der Waals surface area contributed by atoms with Crippen LogP contribution in [-0.2, 0) is 44.8 Å². The maximum absolute atomic E-state index is 14.2. The molecule has 5 unspecified atom stereocenters. The normalized spacial score (nSPS) is 25.3. The van der Waals surface area contributed by atoms with Gasteiger partial charge in [0.05, 0.1) is 5.71 Å². The summed E-state index contributed by atoms with van der Waals surface area (Å²) in [5.41, 5.74) is -1.67. The Hall–Kier alpha value is -5.91. The van der Waals surface area contributed by atoms with Crippen LogP contribution in [0, 0.1) is 32.1 Å². The fraction of sp³-hybridized carbons (Fsp3) is 0.421.